The summed E-state index contributed by atoms with van der Waals surface area (Å²) in [6.07, 6.45) is 0.462. The molecule has 0 aliphatic rings. The van der Waals surface area contributed by atoms with E-state index in [9.17, 15) is 22.0 Å². The monoisotopic (exact) mass is 413 g/mol. The summed E-state index contributed by atoms with van der Waals surface area (Å²) in [5.74, 6) is -0.0532. The Labute approximate surface area is 162 Å². The summed E-state index contributed by atoms with van der Waals surface area (Å²) < 4.78 is 54.1. The molecule has 0 bridgehead atoms. The second-order valence-electron chi connectivity index (χ2n) is 5.73. The fourth-order valence-corrected chi connectivity index (χ4v) is 2.92. The summed E-state index contributed by atoms with van der Waals surface area (Å²) in [5.41, 5.74) is 1.64. The number of hydrogen-bond donors (Lipinski definition) is 3. The number of amides is 2. The normalized spacial score (nSPS) is 11.3. The first kappa shape index (κ1) is 21.6. The van der Waals surface area contributed by atoms with Gasteiger partial charge in [-0.25, -0.2) is 17.9 Å². The van der Waals surface area contributed by atoms with Crippen molar-refractivity contribution in [2.45, 2.75) is 20.0 Å². The second kappa shape index (κ2) is 10.00. The highest BCUT2D eigenvalue weighted by molar-refractivity contribution is 7.89. The van der Waals surface area contributed by atoms with E-state index in [1.54, 1.807) is 25.1 Å². The molecule has 2 aromatic rings. The third-order valence-electron chi connectivity index (χ3n) is 3.62. The molecular weight excluding hydrogens is 392 g/mol. The number of alkyl halides is 2. The molecule has 7 nitrogen and oxygen atoms in total. The molecule has 0 aliphatic carbocycles. The molecule has 152 valence electrons. The second-order valence-corrected chi connectivity index (χ2v) is 7.83. The van der Waals surface area contributed by atoms with E-state index in [4.69, 9.17) is 0 Å². The molecule has 28 heavy (non-hydrogen) atoms. The highest BCUT2D eigenvalue weighted by Gasteiger charge is 2.08. The minimum atomic E-state index is -3.25. The van der Waals surface area contributed by atoms with E-state index in [2.05, 4.69) is 20.1 Å². The van der Waals surface area contributed by atoms with E-state index in [1.807, 2.05) is 6.07 Å². The van der Waals surface area contributed by atoms with Gasteiger partial charge in [-0.1, -0.05) is 18.2 Å². The van der Waals surface area contributed by atoms with E-state index >= 15 is 0 Å². The third-order valence-corrected chi connectivity index (χ3v) is 5.02. The summed E-state index contributed by atoms with van der Waals surface area (Å²) >= 11 is 0. The minimum Gasteiger partial charge on any atom is -0.435 e. The van der Waals surface area contributed by atoms with Gasteiger partial charge in [0.25, 0.3) is 0 Å². The maximum Gasteiger partial charge on any atom is 0.387 e. The molecule has 0 saturated carbocycles. The number of halogens is 2. The topological polar surface area (TPSA) is 96.5 Å². The molecule has 0 heterocycles. The van der Waals surface area contributed by atoms with Crippen LogP contribution in [0, 0.1) is 0 Å². The van der Waals surface area contributed by atoms with Crippen LogP contribution >= 0.6 is 0 Å². The molecule has 0 spiro atoms. The lowest BCUT2D eigenvalue weighted by molar-refractivity contribution is -0.0498. The van der Waals surface area contributed by atoms with Gasteiger partial charge in [0.1, 0.15) is 5.75 Å². The van der Waals surface area contributed by atoms with Gasteiger partial charge < -0.3 is 15.4 Å². The molecule has 0 unspecified atom stereocenters. The standard InChI is InChI=1S/C18H21F2N3O4S/c1-2-28(25,26)21-10-9-13-5-3-6-14(11-13)22-18(24)23-15-7-4-8-16(12-15)27-17(19)20/h3-8,11-12,17,21H,2,9-10H2,1H3,(H2,22,23,24). The molecule has 0 aromatic heterocycles. The molecule has 2 rings (SSSR count). The van der Waals surface area contributed by atoms with Gasteiger partial charge in [0, 0.05) is 24.0 Å². The molecule has 10 heteroatoms. The van der Waals surface area contributed by atoms with Gasteiger partial charge in [0.05, 0.1) is 5.75 Å². The van der Waals surface area contributed by atoms with Crippen LogP contribution in [-0.2, 0) is 16.4 Å². The predicted octanol–water partition coefficient (Wildman–Crippen LogP) is 3.41. The lowest BCUT2D eigenvalue weighted by atomic mass is 10.1. The largest absolute Gasteiger partial charge is 0.435 e. The van der Waals surface area contributed by atoms with Crippen LogP contribution in [0.25, 0.3) is 0 Å². The van der Waals surface area contributed by atoms with E-state index in [-0.39, 0.29) is 18.0 Å². The molecule has 0 saturated heterocycles. The smallest absolute Gasteiger partial charge is 0.387 e. The quantitative estimate of drug-likeness (QED) is 0.587. The predicted molar refractivity (Wildman–Crippen MR) is 103 cm³/mol. The Kier molecular flexibility index (Phi) is 7.70. The summed E-state index contributed by atoms with van der Waals surface area (Å²) in [4.78, 5) is 12.1. The molecule has 0 radical (unpaired) electrons. The SMILES string of the molecule is CCS(=O)(=O)NCCc1cccc(NC(=O)Nc2cccc(OC(F)F)c2)c1. The number of urea groups is 1. The number of nitrogens with one attached hydrogen (secondary N) is 3. The van der Waals surface area contributed by atoms with Crippen molar-refractivity contribution in [3.05, 3.63) is 54.1 Å². The van der Waals surface area contributed by atoms with Gasteiger partial charge in [-0.3, -0.25) is 0 Å². The first-order valence-electron chi connectivity index (χ1n) is 8.46. The maximum absolute atomic E-state index is 12.3. The van der Waals surface area contributed by atoms with Crippen molar-refractivity contribution >= 4 is 27.4 Å². The van der Waals surface area contributed by atoms with Crippen molar-refractivity contribution in [1.82, 2.24) is 4.72 Å². The van der Waals surface area contributed by atoms with Crippen LogP contribution in [0.2, 0.25) is 0 Å². The summed E-state index contributed by atoms with van der Waals surface area (Å²) in [6, 6.07) is 12.0. The molecular formula is C18H21F2N3O4S. The third kappa shape index (κ3) is 7.49. The summed E-state index contributed by atoms with van der Waals surface area (Å²) in [6.45, 7) is -1.14. The Bertz CT molecular complexity index is 907. The minimum absolute atomic E-state index is 0.0122. The van der Waals surface area contributed by atoms with Gasteiger partial charge >= 0.3 is 12.6 Å². The van der Waals surface area contributed by atoms with Crippen LogP contribution in [0.4, 0.5) is 25.0 Å². The van der Waals surface area contributed by atoms with E-state index in [0.29, 0.717) is 17.8 Å². The average Bonchev–Trinajstić information content (AvgIpc) is 2.61. The van der Waals surface area contributed by atoms with Crippen LogP contribution in [0.15, 0.2) is 48.5 Å². The number of carbonyl (C=O) groups excluding carboxylic acids is 1. The van der Waals surface area contributed by atoms with Gasteiger partial charge in [0.2, 0.25) is 10.0 Å². The van der Waals surface area contributed by atoms with Crippen molar-refractivity contribution in [3.63, 3.8) is 0 Å². The Hall–Kier alpha value is -2.72. The highest BCUT2D eigenvalue weighted by Crippen LogP contribution is 2.19. The highest BCUT2D eigenvalue weighted by atomic mass is 32.2. The van der Waals surface area contributed by atoms with Gasteiger partial charge in [-0.2, -0.15) is 8.78 Å². The zero-order chi connectivity index (χ0) is 20.6. The zero-order valence-corrected chi connectivity index (χ0v) is 15.9. The maximum atomic E-state index is 12.3. The van der Waals surface area contributed by atoms with E-state index in [0.717, 1.165) is 5.56 Å². The molecule has 0 aliphatic heterocycles. The fourth-order valence-electron chi connectivity index (χ4n) is 2.30. The Morgan fingerprint density at radius 1 is 1.07 bits per heavy atom. The van der Waals surface area contributed by atoms with Crippen molar-refractivity contribution < 1.29 is 26.7 Å². The van der Waals surface area contributed by atoms with E-state index < -0.39 is 22.7 Å². The first-order valence-corrected chi connectivity index (χ1v) is 10.1. The lowest BCUT2D eigenvalue weighted by Crippen LogP contribution is -2.27. The van der Waals surface area contributed by atoms with Gasteiger partial charge in [-0.05, 0) is 43.2 Å². The lowest BCUT2D eigenvalue weighted by Gasteiger charge is -2.11. The number of rotatable bonds is 9. The molecule has 0 atom stereocenters. The number of benzene rings is 2. The molecule has 2 amide bonds. The van der Waals surface area contributed by atoms with Crippen LogP contribution in [0.5, 0.6) is 5.75 Å². The number of anilines is 2. The Balaban J connectivity index is 1.92. The van der Waals surface area contributed by atoms with Crippen molar-refractivity contribution in [2.75, 3.05) is 22.9 Å². The average molecular weight is 413 g/mol. The van der Waals surface area contributed by atoms with Gasteiger partial charge in [-0.15, -0.1) is 0 Å². The number of hydrogen-bond acceptors (Lipinski definition) is 4. The number of sulfonamides is 1. The first-order chi connectivity index (χ1) is 13.3. The summed E-state index contributed by atoms with van der Waals surface area (Å²) in [5, 5.41) is 5.16. The van der Waals surface area contributed by atoms with Gasteiger partial charge in [0.15, 0.2) is 0 Å². The fraction of sp³-hybridized carbons (Fsp3) is 0.278. The number of ether oxygens (including phenoxy) is 1. The molecule has 2 aromatic carbocycles. The van der Waals surface area contributed by atoms with Crippen molar-refractivity contribution in [1.29, 1.82) is 0 Å². The molecule has 3 N–H and O–H groups in total. The van der Waals surface area contributed by atoms with Crippen LogP contribution in [0.3, 0.4) is 0 Å². The Morgan fingerprint density at radius 2 is 1.71 bits per heavy atom. The van der Waals surface area contributed by atoms with Crippen molar-refractivity contribution in [2.24, 2.45) is 0 Å². The zero-order valence-electron chi connectivity index (χ0n) is 15.1. The van der Waals surface area contributed by atoms with Crippen LogP contribution < -0.4 is 20.1 Å². The van der Waals surface area contributed by atoms with E-state index in [1.165, 1.54) is 24.3 Å². The summed E-state index contributed by atoms with van der Waals surface area (Å²) in [7, 11) is -3.25. The number of carbonyl (C=O) groups is 1. The van der Waals surface area contributed by atoms with Crippen molar-refractivity contribution in [3.8, 4) is 5.75 Å². The molecule has 0 fully saturated rings. The van der Waals surface area contributed by atoms with Crippen LogP contribution in [-0.4, -0.2) is 33.4 Å². The Morgan fingerprint density at radius 3 is 2.36 bits per heavy atom. The van der Waals surface area contributed by atoms with Crippen LogP contribution in [0.1, 0.15) is 12.5 Å².